The monoisotopic (exact) mass is 521 g/mol. The van der Waals surface area contributed by atoms with E-state index in [2.05, 4.69) is 10.1 Å². The van der Waals surface area contributed by atoms with Crippen molar-refractivity contribution in [1.29, 1.82) is 0 Å². The minimum Gasteiger partial charge on any atom is -0.444 e. The fraction of sp³-hybridized carbons (Fsp3) is 0.577. The SMILES string of the molecule is O=C1N[C@@H]2CC[C@@H](C(=O)N3C[C@H]4CCN(C(=O)/C=C/c5ccc(OC(F)(F)F)cc5)CC[C@H]4C3)C[C@H]2O1. The Bertz CT molecular complexity index is 1040. The Morgan fingerprint density at radius 2 is 1.68 bits per heavy atom. The van der Waals surface area contributed by atoms with E-state index in [1.807, 2.05) is 4.90 Å². The van der Waals surface area contributed by atoms with Crippen LogP contribution in [0.4, 0.5) is 18.0 Å². The predicted octanol–water partition coefficient (Wildman–Crippen LogP) is 3.57. The van der Waals surface area contributed by atoms with Crippen LogP contribution in [0, 0.1) is 17.8 Å². The first kappa shape index (κ1) is 25.4. The molecule has 8 nitrogen and oxygen atoms in total. The molecule has 0 bridgehead atoms. The van der Waals surface area contributed by atoms with Crippen LogP contribution in [0.3, 0.4) is 0 Å². The van der Waals surface area contributed by atoms with Gasteiger partial charge >= 0.3 is 12.5 Å². The number of rotatable bonds is 4. The Labute approximate surface area is 212 Å². The largest absolute Gasteiger partial charge is 0.573 e. The smallest absolute Gasteiger partial charge is 0.444 e. The van der Waals surface area contributed by atoms with E-state index in [0.717, 1.165) is 25.7 Å². The van der Waals surface area contributed by atoms with Crippen LogP contribution in [0.5, 0.6) is 5.75 Å². The van der Waals surface area contributed by atoms with Crippen LogP contribution in [0.2, 0.25) is 0 Å². The molecule has 5 atom stereocenters. The lowest BCUT2D eigenvalue weighted by molar-refractivity contribution is -0.274. The second kappa shape index (κ2) is 10.3. The normalized spacial score (nSPS) is 29.8. The number of hydrogen-bond donors (Lipinski definition) is 1. The first-order chi connectivity index (χ1) is 17.6. The van der Waals surface area contributed by atoms with E-state index in [1.54, 1.807) is 11.0 Å². The number of ether oxygens (including phenoxy) is 2. The molecule has 3 saturated heterocycles. The fourth-order valence-corrected chi connectivity index (χ4v) is 6.03. The van der Waals surface area contributed by atoms with Crippen LogP contribution in [-0.4, -0.2) is 72.4 Å². The standard InChI is InChI=1S/C26H30F3N3O5/c27-26(28,29)37-20-5-1-16(2-6-20)3-8-23(33)31-11-9-18-14-32(15-19(18)10-12-31)24(34)17-4-7-21-22(13-17)36-25(35)30-21/h1-3,5-6,8,17-19,21-22H,4,7,9-15H2,(H,30,35)/b8-3+/t17-,18-,19+,21-,22-/m1/s1. The highest BCUT2D eigenvalue weighted by Gasteiger charge is 2.44. The molecule has 1 aromatic carbocycles. The Morgan fingerprint density at radius 3 is 2.32 bits per heavy atom. The maximum absolute atomic E-state index is 13.2. The minimum atomic E-state index is -4.74. The van der Waals surface area contributed by atoms with Crippen LogP contribution >= 0.6 is 0 Å². The number of hydrogen-bond acceptors (Lipinski definition) is 5. The van der Waals surface area contributed by atoms with Gasteiger partial charge in [-0.3, -0.25) is 9.59 Å². The molecule has 0 spiro atoms. The second-order valence-electron chi connectivity index (χ2n) is 10.3. The van der Waals surface area contributed by atoms with E-state index in [1.165, 1.54) is 30.3 Å². The van der Waals surface area contributed by atoms with Gasteiger partial charge in [-0.2, -0.15) is 0 Å². The number of amides is 3. The third-order valence-corrected chi connectivity index (χ3v) is 7.97. The number of fused-ring (bicyclic) bond motifs is 2. The summed E-state index contributed by atoms with van der Waals surface area (Å²) >= 11 is 0. The van der Waals surface area contributed by atoms with Gasteiger partial charge in [0.2, 0.25) is 11.8 Å². The van der Waals surface area contributed by atoms with Crippen LogP contribution < -0.4 is 10.1 Å². The average Bonchev–Trinajstić information content (AvgIpc) is 3.37. The summed E-state index contributed by atoms with van der Waals surface area (Å²) in [5.74, 6) is 0.267. The molecule has 3 heterocycles. The highest BCUT2D eigenvalue weighted by atomic mass is 19.4. The number of nitrogens with zero attached hydrogens (tertiary/aromatic N) is 2. The number of benzene rings is 1. The number of carbonyl (C=O) groups excluding carboxylic acids is 3. The molecule has 1 aliphatic carbocycles. The number of nitrogens with one attached hydrogen (secondary N) is 1. The summed E-state index contributed by atoms with van der Waals surface area (Å²) < 4.78 is 46.1. The average molecular weight is 522 g/mol. The third kappa shape index (κ3) is 6.02. The molecule has 0 radical (unpaired) electrons. The van der Waals surface area contributed by atoms with E-state index >= 15 is 0 Å². The van der Waals surface area contributed by atoms with Gasteiger partial charge in [0.15, 0.2) is 0 Å². The molecule has 11 heteroatoms. The summed E-state index contributed by atoms with van der Waals surface area (Å²) in [4.78, 5) is 41.2. The molecule has 1 saturated carbocycles. The lowest BCUT2D eigenvalue weighted by Gasteiger charge is -2.31. The van der Waals surface area contributed by atoms with Crippen LogP contribution in [-0.2, 0) is 14.3 Å². The molecule has 3 aliphatic heterocycles. The second-order valence-corrected chi connectivity index (χ2v) is 10.3. The summed E-state index contributed by atoms with van der Waals surface area (Å²) in [7, 11) is 0. The van der Waals surface area contributed by atoms with Crippen molar-refractivity contribution in [1.82, 2.24) is 15.1 Å². The molecular weight excluding hydrogens is 491 g/mol. The van der Waals surface area contributed by atoms with Gasteiger partial charge in [0.1, 0.15) is 11.9 Å². The van der Waals surface area contributed by atoms with Crippen molar-refractivity contribution < 1.29 is 37.0 Å². The van der Waals surface area contributed by atoms with Gasteiger partial charge in [0.25, 0.3) is 0 Å². The fourth-order valence-electron chi connectivity index (χ4n) is 6.03. The summed E-state index contributed by atoms with van der Waals surface area (Å²) in [6, 6.07) is 5.36. The van der Waals surface area contributed by atoms with Crippen molar-refractivity contribution >= 4 is 24.0 Å². The van der Waals surface area contributed by atoms with Crippen molar-refractivity contribution in [3.63, 3.8) is 0 Å². The zero-order valence-corrected chi connectivity index (χ0v) is 20.3. The summed E-state index contributed by atoms with van der Waals surface area (Å²) in [5, 5.41) is 2.81. The molecule has 0 aromatic heterocycles. The number of alkyl halides is 3. The zero-order valence-electron chi connectivity index (χ0n) is 20.3. The van der Waals surface area contributed by atoms with Gasteiger partial charge in [0.05, 0.1) is 6.04 Å². The zero-order chi connectivity index (χ0) is 26.2. The summed E-state index contributed by atoms with van der Waals surface area (Å²) in [6.45, 7) is 2.58. The lowest BCUT2D eigenvalue weighted by atomic mass is 9.83. The van der Waals surface area contributed by atoms with Crippen LogP contribution in [0.15, 0.2) is 30.3 Å². The number of alkyl carbamates (subject to hydrolysis) is 1. The van der Waals surface area contributed by atoms with Crippen molar-refractivity contribution in [3.8, 4) is 5.75 Å². The lowest BCUT2D eigenvalue weighted by Crippen LogP contribution is -2.43. The Balaban J connectivity index is 1.10. The van der Waals surface area contributed by atoms with Gasteiger partial charge in [-0.1, -0.05) is 12.1 Å². The van der Waals surface area contributed by atoms with Crippen molar-refractivity contribution in [2.24, 2.45) is 17.8 Å². The molecule has 4 fully saturated rings. The molecule has 4 aliphatic rings. The topological polar surface area (TPSA) is 88.2 Å². The summed E-state index contributed by atoms with van der Waals surface area (Å²) in [6.07, 6.45) is 1.37. The highest BCUT2D eigenvalue weighted by molar-refractivity contribution is 5.91. The molecular formula is C26H30F3N3O5. The van der Waals surface area contributed by atoms with Crippen molar-refractivity contribution in [2.75, 3.05) is 26.2 Å². The van der Waals surface area contributed by atoms with Crippen LogP contribution in [0.1, 0.15) is 37.7 Å². The number of likely N-dealkylation sites (tertiary alicyclic amines) is 2. The first-order valence-electron chi connectivity index (χ1n) is 12.7. The van der Waals surface area contributed by atoms with E-state index in [0.29, 0.717) is 50.0 Å². The van der Waals surface area contributed by atoms with E-state index < -0.39 is 12.5 Å². The number of carbonyl (C=O) groups is 3. The van der Waals surface area contributed by atoms with E-state index in [-0.39, 0.29) is 35.6 Å². The van der Waals surface area contributed by atoms with Gasteiger partial charge < -0.3 is 24.6 Å². The Morgan fingerprint density at radius 1 is 1.00 bits per heavy atom. The molecule has 1 aromatic rings. The maximum Gasteiger partial charge on any atom is 0.573 e. The quantitative estimate of drug-likeness (QED) is 0.613. The first-order valence-corrected chi connectivity index (χ1v) is 12.7. The Hall–Kier alpha value is -3.24. The van der Waals surface area contributed by atoms with Crippen molar-refractivity contribution in [2.45, 2.75) is 50.6 Å². The van der Waals surface area contributed by atoms with Gasteiger partial charge in [0, 0.05) is 38.2 Å². The molecule has 0 unspecified atom stereocenters. The minimum absolute atomic E-state index is 0.0153. The highest BCUT2D eigenvalue weighted by Crippen LogP contribution is 2.36. The maximum atomic E-state index is 13.2. The van der Waals surface area contributed by atoms with Crippen LogP contribution in [0.25, 0.3) is 6.08 Å². The van der Waals surface area contributed by atoms with Gasteiger partial charge in [-0.05, 0) is 67.7 Å². The predicted molar refractivity (Wildman–Crippen MR) is 126 cm³/mol. The molecule has 37 heavy (non-hydrogen) atoms. The van der Waals surface area contributed by atoms with E-state index in [9.17, 15) is 27.6 Å². The molecule has 3 amide bonds. The Kier molecular flexibility index (Phi) is 7.04. The summed E-state index contributed by atoms with van der Waals surface area (Å²) in [5.41, 5.74) is 0.598. The van der Waals surface area contributed by atoms with E-state index in [4.69, 9.17) is 4.74 Å². The molecule has 1 N–H and O–H groups in total. The van der Waals surface area contributed by atoms with Crippen molar-refractivity contribution in [3.05, 3.63) is 35.9 Å². The molecule has 200 valence electrons. The number of halogens is 3. The van der Waals surface area contributed by atoms with Gasteiger partial charge in [-0.25, -0.2) is 4.79 Å². The molecule has 5 rings (SSSR count). The van der Waals surface area contributed by atoms with Gasteiger partial charge in [-0.15, -0.1) is 13.2 Å². The third-order valence-electron chi connectivity index (χ3n) is 7.97.